The van der Waals surface area contributed by atoms with Gasteiger partial charge in [-0.1, -0.05) is 57.6 Å². The standard InChI is InChI=1S/C25H31NO2/c1-2-3-4-5-6-7-19-8-11-21(12-9-19)25(27)28-24-15-14-22-16-20(18-26)10-13-23(22)17-24/h10,13-17,19,21H,2-9,11-12H2,1H3/t19-,21-. The number of carbonyl (C=O) groups is 1. The second-order valence-electron chi connectivity index (χ2n) is 8.18. The maximum absolute atomic E-state index is 12.6. The predicted octanol–water partition coefficient (Wildman–Crippen LogP) is 6.78. The highest BCUT2D eigenvalue weighted by molar-refractivity contribution is 5.86. The Morgan fingerprint density at radius 3 is 2.46 bits per heavy atom. The normalized spacial score (nSPS) is 19.3. The van der Waals surface area contributed by atoms with Crippen molar-refractivity contribution < 1.29 is 9.53 Å². The minimum Gasteiger partial charge on any atom is -0.426 e. The number of carbonyl (C=O) groups excluding carboxylic acids is 1. The van der Waals surface area contributed by atoms with Crippen LogP contribution in [0.3, 0.4) is 0 Å². The predicted molar refractivity (Wildman–Crippen MR) is 113 cm³/mol. The smallest absolute Gasteiger partial charge is 0.314 e. The molecule has 1 aliphatic rings. The highest BCUT2D eigenvalue weighted by atomic mass is 16.5. The van der Waals surface area contributed by atoms with Crippen LogP contribution in [0.15, 0.2) is 36.4 Å². The van der Waals surface area contributed by atoms with Crippen LogP contribution in [0.4, 0.5) is 0 Å². The van der Waals surface area contributed by atoms with Crippen LogP contribution in [0.5, 0.6) is 5.75 Å². The molecule has 0 spiro atoms. The molecular weight excluding hydrogens is 346 g/mol. The number of ether oxygens (including phenoxy) is 1. The lowest BCUT2D eigenvalue weighted by Crippen LogP contribution is -2.25. The molecule has 0 radical (unpaired) electrons. The Morgan fingerprint density at radius 2 is 1.71 bits per heavy atom. The summed E-state index contributed by atoms with van der Waals surface area (Å²) in [4.78, 5) is 12.6. The fraction of sp³-hybridized carbons (Fsp3) is 0.520. The molecule has 0 heterocycles. The molecule has 0 amide bonds. The van der Waals surface area contributed by atoms with E-state index >= 15 is 0 Å². The third-order valence-electron chi connectivity index (χ3n) is 6.06. The minimum absolute atomic E-state index is 0.0352. The summed E-state index contributed by atoms with van der Waals surface area (Å²) in [5, 5.41) is 11.0. The van der Waals surface area contributed by atoms with Gasteiger partial charge in [0.2, 0.25) is 0 Å². The molecular formula is C25H31NO2. The highest BCUT2D eigenvalue weighted by Crippen LogP contribution is 2.33. The van der Waals surface area contributed by atoms with E-state index in [4.69, 9.17) is 10.00 Å². The van der Waals surface area contributed by atoms with E-state index in [0.29, 0.717) is 11.3 Å². The molecule has 0 bridgehead atoms. The maximum atomic E-state index is 12.6. The van der Waals surface area contributed by atoms with Crippen LogP contribution in [0.2, 0.25) is 0 Å². The van der Waals surface area contributed by atoms with Crippen LogP contribution >= 0.6 is 0 Å². The van der Waals surface area contributed by atoms with E-state index in [9.17, 15) is 4.79 Å². The van der Waals surface area contributed by atoms with Crippen molar-refractivity contribution in [3.63, 3.8) is 0 Å². The third-order valence-corrected chi connectivity index (χ3v) is 6.06. The first-order valence-electron chi connectivity index (χ1n) is 10.8. The lowest BCUT2D eigenvalue weighted by molar-refractivity contribution is -0.140. The second-order valence-corrected chi connectivity index (χ2v) is 8.18. The Hall–Kier alpha value is -2.34. The molecule has 3 rings (SSSR count). The molecule has 28 heavy (non-hydrogen) atoms. The zero-order chi connectivity index (χ0) is 19.8. The molecule has 148 valence electrons. The average molecular weight is 378 g/mol. The summed E-state index contributed by atoms with van der Waals surface area (Å²) in [5.74, 6) is 1.34. The summed E-state index contributed by atoms with van der Waals surface area (Å²) in [6, 6.07) is 13.3. The van der Waals surface area contributed by atoms with Crippen molar-refractivity contribution in [2.75, 3.05) is 0 Å². The van der Waals surface area contributed by atoms with Gasteiger partial charge in [0.25, 0.3) is 0 Å². The zero-order valence-electron chi connectivity index (χ0n) is 17.0. The number of nitriles is 1. The van der Waals surface area contributed by atoms with Crippen molar-refractivity contribution in [3.05, 3.63) is 42.0 Å². The SMILES string of the molecule is CCCCCCC[C@H]1CC[C@H](C(=O)Oc2ccc3cc(C#N)ccc3c2)CC1. The Bertz CT molecular complexity index is 828. The first-order chi connectivity index (χ1) is 13.7. The Balaban J connectivity index is 1.47. The number of nitrogens with zero attached hydrogens (tertiary/aromatic N) is 1. The zero-order valence-corrected chi connectivity index (χ0v) is 17.0. The molecule has 0 aliphatic heterocycles. The van der Waals surface area contributed by atoms with Gasteiger partial charge in [0.15, 0.2) is 0 Å². The monoisotopic (exact) mass is 377 g/mol. The number of rotatable bonds is 8. The number of hydrogen-bond donors (Lipinski definition) is 0. The first-order valence-corrected chi connectivity index (χ1v) is 10.8. The van der Waals surface area contributed by atoms with Crippen LogP contribution in [-0.2, 0) is 4.79 Å². The summed E-state index contributed by atoms with van der Waals surface area (Å²) >= 11 is 0. The lowest BCUT2D eigenvalue weighted by atomic mass is 9.80. The van der Waals surface area contributed by atoms with Gasteiger partial charge >= 0.3 is 5.97 Å². The van der Waals surface area contributed by atoms with Crippen LogP contribution < -0.4 is 4.74 Å². The van der Waals surface area contributed by atoms with E-state index in [1.54, 1.807) is 6.07 Å². The van der Waals surface area contributed by atoms with E-state index in [2.05, 4.69) is 13.0 Å². The molecule has 0 unspecified atom stereocenters. The number of unbranched alkanes of at least 4 members (excludes halogenated alkanes) is 4. The number of fused-ring (bicyclic) bond motifs is 1. The van der Waals surface area contributed by atoms with Gasteiger partial charge in [0, 0.05) is 0 Å². The van der Waals surface area contributed by atoms with Crippen molar-refractivity contribution in [1.82, 2.24) is 0 Å². The van der Waals surface area contributed by atoms with Gasteiger partial charge in [0.05, 0.1) is 17.6 Å². The van der Waals surface area contributed by atoms with E-state index in [0.717, 1.165) is 42.4 Å². The largest absolute Gasteiger partial charge is 0.426 e. The van der Waals surface area contributed by atoms with E-state index < -0.39 is 0 Å². The molecule has 2 aromatic carbocycles. The van der Waals surface area contributed by atoms with Gasteiger partial charge in [-0.3, -0.25) is 4.79 Å². The molecule has 0 atom stereocenters. The van der Waals surface area contributed by atoms with Crippen LogP contribution in [-0.4, -0.2) is 5.97 Å². The quantitative estimate of drug-likeness (QED) is 0.289. The van der Waals surface area contributed by atoms with Crippen LogP contribution in [0.1, 0.15) is 76.7 Å². The first kappa shape index (κ1) is 20.4. The highest BCUT2D eigenvalue weighted by Gasteiger charge is 2.27. The number of esters is 1. The number of hydrogen-bond acceptors (Lipinski definition) is 3. The van der Waals surface area contributed by atoms with Gasteiger partial charge < -0.3 is 4.74 Å². The molecule has 1 fully saturated rings. The Labute approximate surface area is 168 Å². The molecule has 0 saturated heterocycles. The Morgan fingerprint density at radius 1 is 1.00 bits per heavy atom. The van der Waals surface area contributed by atoms with Crippen LogP contribution in [0, 0.1) is 23.2 Å². The van der Waals surface area contributed by atoms with Crippen molar-refractivity contribution in [2.45, 2.75) is 71.1 Å². The Kier molecular flexibility index (Phi) is 7.48. The van der Waals surface area contributed by atoms with E-state index in [1.807, 2.05) is 30.3 Å². The van der Waals surface area contributed by atoms with Crippen molar-refractivity contribution in [2.24, 2.45) is 11.8 Å². The molecule has 2 aromatic rings. The van der Waals surface area contributed by atoms with Crippen molar-refractivity contribution in [3.8, 4) is 11.8 Å². The van der Waals surface area contributed by atoms with Gasteiger partial charge in [-0.2, -0.15) is 5.26 Å². The summed E-state index contributed by atoms with van der Waals surface area (Å²) in [7, 11) is 0. The van der Waals surface area contributed by atoms with Crippen molar-refractivity contribution >= 4 is 16.7 Å². The minimum atomic E-state index is -0.0885. The lowest BCUT2D eigenvalue weighted by Gasteiger charge is -2.27. The molecule has 1 saturated carbocycles. The van der Waals surface area contributed by atoms with Gasteiger partial charge in [-0.25, -0.2) is 0 Å². The molecule has 3 nitrogen and oxygen atoms in total. The maximum Gasteiger partial charge on any atom is 0.314 e. The molecule has 0 aromatic heterocycles. The summed E-state index contributed by atoms with van der Waals surface area (Å²) in [6.45, 7) is 2.25. The summed E-state index contributed by atoms with van der Waals surface area (Å²) in [6.07, 6.45) is 12.2. The fourth-order valence-electron chi connectivity index (χ4n) is 4.28. The molecule has 3 heteroatoms. The summed E-state index contributed by atoms with van der Waals surface area (Å²) in [5.41, 5.74) is 0.638. The van der Waals surface area contributed by atoms with E-state index in [-0.39, 0.29) is 11.9 Å². The van der Waals surface area contributed by atoms with Crippen LogP contribution in [0.25, 0.3) is 10.8 Å². The third kappa shape index (κ3) is 5.58. The van der Waals surface area contributed by atoms with Crippen molar-refractivity contribution in [1.29, 1.82) is 5.26 Å². The number of benzene rings is 2. The fourth-order valence-corrected chi connectivity index (χ4v) is 4.28. The molecule has 1 aliphatic carbocycles. The average Bonchev–Trinajstić information content (AvgIpc) is 2.73. The van der Waals surface area contributed by atoms with Gasteiger partial charge in [-0.15, -0.1) is 0 Å². The topological polar surface area (TPSA) is 50.1 Å². The molecule has 0 N–H and O–H groups in total. The summed E-state index contributed by atoms with van der Waals surface area (Å²) < 4.78 is 5.68. The second kappa shape index (κ2) is 10.3. The van der Waals surface area contributed by atoms with Gasteiger partial charge in [-0.05, 0) is 66.6 Å². The van der Waals surface area contributed by atoms with Gasteiger partial charge in [0.1, 0.15) is 5.75 Å². The van der Waals surface area contributed by atoms with E-state index in [1.165, 1.54) is 38.5 Å².